The van der Waals surface area contributed by atoms with Gasteiger partial charge in [-0.05, 0) is 26.0 Å². The number of thioether (sulfide) groups is 1. The van der Waals surface area contributed by atoms with Gasteiger partial charge in [0, 0.05) is 17.8 Å². The van der Waals surface area contributed by atoms with Gasteiger partial charge in [-0.1, -0.05) is 0 Å². The van der Waals surface area contributed by atoms with E-state index in [1.807, 2.05) is 11.8 Å². The first-order valence-corrected chi connectivity index (χ1v) is 6.94. The highest BCUT2D eigenvalue weighted by Gasteiger charge is 2.41. The zero-order chi connectivity index (χ0) is 12.0. The SMILES string of the molecule is CCOC(=O)CC(O)CNCC1(SC)CC1. The van der Waals surface area contributed by atoms with Gasteiger partial charge in [-0.25, -0.2) is 0 Å². The fourth-order valence-electron chi connectivity index (χ4n) is 1.54. The molecule has 0 saturated heterocycles. The minimum atomic E-state index is -0.642. The molecule has 0 radical (unpaired) electrons. The van der Waals surface area contributed by atoms with Crippen molar-refractivity contribution < 1.29 is 14.6 Å². The van der Waals surface area contributed by atoms with Crippen molar-refractivity contribution in [3.05, 3.63) is 0 Å². The molecule has 1 fully saturated rings. The Morgan fingerprint density at radius 2 is 2.31 bits per heavy atom. The largest absolute Gasteiger partial charge is 0.466 e. The Labute approximate surface area is 101 Å². The molecule has 0 aliphatic heterocycles. The van der Waals surface area contributed by atoms with E-state index in [1.165, 1.54) is 12.8 Å². The lowest BCUT2D eigenvalue weighted by atomic mass is 10.2. The number of rotatable bonds is 8. The number of ether oxygens (including phenoxy) is 1. The van der Waals surface area contributed by atoms with Crippen molar-refractivity contribution >= 4 is 17.7 Å². The van der Waals surface area contributed by atoms with Gasteiger partial charge in [0.25, 0.3) is 0 Å². The smallest absolute Gasteiger partial charge is 0.308 e. The van der Waals surface area contributed by atoms with Crippen LogP contribution in [0.15, 0.2) is 0 Å². The molecule has 5 heteroatoms. The van der Waals surface area contributed by atoms with E-state index in [4.69, 9.17) is 4.74 Å². The molecule has 0 heterocycles. The lowest BCUT2D eigenvalue weighted by molar-refractivity contribution is -0.145. The number of hydrogen-bond acceptors (Lipinski definition) is 5. The summed E-state index contributed by atoms with van der Waals surface area (Å²) in [6.45, 7) is 3.50. The van der Waals surface area contributed by atoms with Crippen molar-refractivity contribution in [3.63, 3.8) is 0 Å². The van der Waals surface area contributed by atoms with Gasteiger partial charge in [0.15, 0.2) is 0 Å². The third kappa shape index (κ3) is 4.72. The summed E-state index contributed by atoms with van der Waals surface area (Å²) in [5.41, 5.74) is 0. The van der Waals surface area contributed by atoms with Gasteiger partial charge in [-0.15, -0.1) is 0 Å². The van der Waals surface area contributed by atoms with E-state index in [0.717, 1.165) is 6.54 Å². The predicted octanol–water partition coefficient (Wildman–Crippen LogP) is 0.786. The van der Waals surface area contributed by atoms with Crippen LogP contribution in [0.3, 0.4) is 0 Å². The fourth-order valence-corrected chi connectivity index (χ4v) is 2.30. The first-order chi connectivity index (χ1) is 7.62. The number of carbonyl (C=O) groups is 1. The summed E-state index contributed by atoms with van der Waals surface area (Å²) < 4.78 is 5.15. The van der Waals surface area contributed by atoms with Crippen molar-refractivity contribution in [2.24, 2.45) is 0 Å². The van der Waals surface area contributed by atoms with Gasteiger partial charge in [0.2, 0.25) is 0 Å². The summed E-state index contributed by atoms with van der Waals surface area (Å²) in [7, 11) is 0. The Balaban J connectivity index is 2.06. The number of nitrogens with one attached hydrogen (secondary N) is 1. The average molecular weight is 247 g/mol. The van der Waals surface area contributed by atoms with Crippen molar-refractivity contribution in [1.82, 2.24) is 5.32 Å². The topological polar surface area (TPSA) is 58.6 Å². The Morgan fingerprint density at radius 3 is 2.81 bits per heavy atom. The molecule has 0 spiro atoms. The molecule has 0 aromatic heterocycles. The van der Waals surface area contributed by atoms with Crippen LogP contribution in [0.2, 0.25) is 0 Å². The molecule has 94 valence electrons. The van der Waals surface area contributed by atoms with Gasteiger partial charge in [0.05, 0.1) is 19.1 Å². The molecule has 1 saturated carbocycles. The maximum Gasteiger partial charge on any atom is 0.308 e. The minimum Gasteiger partial charge on any atom is -0.466 e. The summed E-state index contributed by atoms with van der Waals surface area (Å²) in [6, 6.07) is 0. The molecule has 1 atom stereocenters. The second-order valence-corrected chi connectivity index (χ2v) is 5.46. The van der Waals surface area contributed by atoms with E-state index < -0.39 is 6.10 Å². The van der Waals surface area contributed by atoms with E-state index in [0.29, 0.717) is 17.9 Å². The molecule has 16 heavy (non-hydrogen) atoms. The summed E-state index contributed by atoms with van der Waals surface area (Å²) in [5.74, 6) is -0.331. The van der Waals surface area contributed by atoms with Crippen LogP contribution in [0.5, 0.6) is 0 Å². The summed E-state index contributed by atoms with van der Waals surface area (Å²) in [4.78, 5) is 11.1. The Morgan fingerprint density at radius 1 is 1.62 bits per heavy atom. The molecule has 0 aromatic rings. The van der Waals surface area contributed by atoms with Crippen molar-refractivity contribution in [1.29, 1.82) is 0 Å². The molecule has 0 bridgehead atoms. The number of esters is 1. The Bertz CT molecular complexity index is 231. The monoisotopic (exact) mass is 247 g/mol. The third-order valence-electron chi connectivity index (χ3n) is 2.78. The van der Waals surface area contributed by atoms with Gasteiger partial charge in [-0.3, -0.25) is 4.79 Å². The Kier molecular flexibility index (Phi) is 5.58. The molecule has 0 amide bonds. The Hall–Kier alpha value is -0.260. The highest BCUT2D eigenvalue weighted by atomic mass is 32.2. The van der Waals surface area contributed by atoms with Gasteiger partial charge in [0.1, 0.15) is 0 Å². The normalized spacial score (nSPS) is 19.2. The second kappa shape index (κ2) is 6.47. The molecule has 1 rings (SSSR count). The van der Waals surface area contributed by atoms with E-state index in [2.05, 4.69) is 11.6 Å². The van der Waals surface area contributed by atoms with E-state index in [9.17, 15) is 9.90 Å². The number of aliphatic hydroxyl groups is 1. The van der Waals surface area contributed by atoms with Gasteiger partial charge < -0.3 is 15.2 Å². The van der Waals surface area contributed by atoms with E-state index >= 15 is 0 Å². The summed E-state index contributed by atoms with van der Waals surface area (Å²) >= 11 is 1.88. The van der Waals surface area contributed by atoms with Crippen LogP contribution >= 0.6 is 11.8 Å². The molecule has 0 aromatic carbocycles. The van der Waals surface area contributed by atoms with Crippen molar-refractivity contribution in [3.8, 4) is 0 Å². The number of carbonyl (C=O) groups excluding carboxylic acids is 1. The lowest BCUT2D eigenvalue weighted by Crippen LogP contribution is -2.34. The molecule has 2 N–H and O–H groups in total. The van der Waals surface area contributed by atoms with E-state index in [-0.39, 0.29) is 12.4 Å². The van der Waals surface area contributed by atoms with Gasteiger partial charge >= 0.3 is 5.97 Å². The van der Waals surface area contributed by atoms with Crippen LogP contribution in [-0.2, 0) is 9.53 Å². The zero-order valence-electron chi connectivity index (χ0n) is 9.99. The molecule has 1 aliphatic rings. The number of aliphatic hydroxyl groups excluding tert-OH is 1. The fraction of sp³-hybridized carbons (Fsp3) is 0.909. The number of hydrogen-bond donors (Lipinski definition) is 2. The summed E-state index contributed by atoms with van der Waals surface area (Å²) in [5, 5.41) is 12.8. The average Bonchev–Trinajstić information content (AvgIpc) is 2.99. The van der Waals surface area contributed by atoms with Crippen molar-refractivity contribution in [2.45, 2.75) is 37.0 Å². The first kappa shape index (κ1) is 13.8. The van der Waals surface area contributed by atoms with Crippen LogP contribution < -0.4 is 5.32 Å². The van der Waals surface area contributed by atoms with Crippen LogP contribution in [-0.4, -0.2) is 47.9 Å². The maximum absolute atomic E-state index is 11.1. The molecular formula is C11H21NO3S. The van der Waals surface area contributed by atoms with Gasteiger partial charge in [-0.2, -0.15) is 11.8 Å². The van der Waals surface area contributed by atoms with Crippen LogP contribution in [0, 0.1) is 0 Å². The third-order valence-corrected chi connectivity index (χ3v) is 4.19. The predicted molar refractivity (Wildman–Crippen MR) is 65.6 cm³/mol. The second-order valence-electron chi connectivity index (χ2n) is 4.18. The van der Waals surface area contributed by atoms with Crippen LogP contribution in [0.4, 0.5) is 0 Å². The quantitative estimate of drug-likeness (QED) is 0.621. The molecule has 1 unspecified atom stereocenters. The standard InChI is InChI=1S/C11H21NO3S/c1-3-15-10(14)6-9(13)7-12-8-11(16-2)4-5-11/h9,12-13H,3-8H2,1-2H3. The molecule has 4 nitrogen and oxygen atoms in total. The zero-order valence-corrected chi connectivity index (χ0v) is 10.8. The minimum absolute atomic E-state index is 0.0765. The van der Waals surface area contributed by atoms with Crippen molar-refractivity contribution in [2.75, 3.05) is 26.0 Å². The molecule has 1 aliphatic carbocycles. The maximum atomic E-state index is 11.1. The van der Waals surface area contributed by atoms with E-state index in [1.54, 1.807) is 6.92 Å². The highest BCUT2D eigenvalue weighted by molar-refractivity contribution is 8.00. The van der Waals surface area contributed by atoms with Crippen LogP contribution in [0.25, 0.3) is 0 Å². The summed E-state index contributed by atoms with van der Waals surface area (Å²) in [6.07, 6.45) is 4.04. The lowest BCUT2D eigenvalue weighted by Gasteiger charge is -2.15. The molecular weight excluding hydrogens is 226 g/mol. The highest BCUT2D eigenvalue weighted by Crippen LogP contribution is 2.46. The van der Waals surface area contributed by atoms with Crippen LogP contribution in [0.1, 0.15) is 26.2 Å². The first-order valence-electron chi connectivity index (χ1n) is 5.71.